The van der Waals surface area contributed by atoms with E-state index >= 15 is 0 Å². The van der Waals surface area contributed by atoms with Gasteiger partial charge in [0.1, 0.15) is 5.75 Å². The summed E-state index contributed by atoms with van der Waals surface area (Å²) in [6, 6.07) is 6.77. The number of nitrogens with two attached hydrogens (primary N) is 1. The minimum atomic E-state index is -0.141. The molecule has 1 atom stereocenters. The molecule has 134 valence electrons. The minimum absolute atomic E-state index is 0. The zero-order valence-electron chi connectivity index (χ0n) is 13.4. The number of carbonyl (C=O) groups excluding carboxylic acids is 2. The summed E-state index contributed by atoms with van der Waals surface area (Å²) in [5.41, 5.74) is 5.39. The smallest absolute Gasteiger partial charge is 0.232 e. The van der Waals surface area contributed by atoms with E-state index in [9.17, 15) is 14.7 Å². The monoisotopic (exact) mass is 373 g/mol. The zero-order chi connectivity index (χ0) is 16.7. The maximum Gasteiger partial charge on any atom is 0.232 e. The third kappa shape index (κ3) is 6.22. The third-order valence-corrected chi connectivity index (χ3v) is 4.78. The van der Waals surface area contributed by atoms with Crippen molar-refractivity contribution in [3.05, 3.63) is 24.3 Å². The SMILES string of the molecule is Cl.NCCNC(=O)C1CCCN(C(=O)CSc2ccc(O)cc2)C1. The van der Waals surface area contributed by atoms with Crippen molar-refractivity contribution in [1.82, 2.24) is 10.2 Å². The summed E-state index contributed by atoms with van der Waals surface area (Å²) >= 11 is 1.43. The molecule has 2 rings (SSSR count). The van der Waals surface area contributed by atoms with Gasteiger partial charge in [-0.3, -0.25) is 9.59 Å². The standard InChI is InChI=1S/C16H23N3O3S.ClH/c17-7-8-18-16(22)12-2-1-9-19(10-12)15(21)11-23-14-5-3-13(20)4-6-14;/h3-6,12,20H,1-2,7-11,17H2,(H,18,22);1H. The number of piperidine rings is 1. The van der Waals surface area contributed by atoms with Gasteiger partial charge in [-0.05, 0) is 37.1 Å². The van der Waals surface area contributed by atoms with E-state index in [1.807, 2.05) is 0 Å². The molecule has 0 saturated carbocycles. The average molecular weight is 374 g/mol. The van der Waals surface area contributed by atoms with Crippen LogP contribution in [0.15, 0.2) is 29.2 Å². The van der Waals surface area contributed by atoms with Gasteiger partial charge in [-0.25, -0.2) is 0 Å². The van der Waals surface area contributed by atoms with Crippen LogP contribution in [0.2, 0.25) is 0 Å². The number of thioether (sulfide) groups is 1. The van der Waals surface area contributed by atoms with Crippen LogP contribution in [0.3, 0.4) is 0 Å². The highest BCUT2D eigenvalue weighted by Crippen LogP contribution is 2.23. The molecule has 6 nitrogen and oxygen atoms in total. The van der Waals surface area contributed by atoms with Gasteiger partial charge in [-0.2, -0.15) is 0 Å². The Hall–Kier alpha value is -1.44. The number of nitrogens with one attached hydrogen (secondary N) is 1. The first-order valence-electron chi connectivity index (χ1n) is 7.77. The molecule has 1 saturated heterocycles. The topological polar surface area (TPSA) is 95.7 Å². The van der Waals surface area contributed by atoms with Crippen molar-refractivity contribution in [2.24, 2.45) is 11.7 Å². The molecule has 1 aliphatic rings. The number of rotatable bonds is 6. The number of hydrogen-bond acceptors (Lipinski definition) is 5. The average Bonchev–Trinajstić information content (AvgIpc) is 2.59. The van der Waals surface area contributed by atoms with Gasteiger partial charge < -0.3 is 21.1 Å². The highest BCUT2D eigenvalue weighted by Gasteiger charge is 2.27. The van der Waals surface area contributed by atoms with Crippen LogP contribution in [0.25, 0.3) is 0 Å². The Bertz CT molecular complexity index is 542. The minimum Gasteiger partial charge on any atom is -0.508 e. The number of likely N-dealkylation sites (tertiary alicyclic amines) is 1. The molecule has 1 heterocycles. The number of benzene rings is 1. The molecule has 2 amide bonds. The van der Waals surface area contributed by atoms with Gasteiger partial charge in [0.15, 0.2) is 0 Å². The van der Waals surface area contributed by atoms with Gasteiger partial charge in [0.2, 0.25) is 11.8 Å². The van der Waals surface area contributed by atoms with Crippen LogP contribution in [-0.2, 0) is 9.59 Å². The molecule has 1 aromatic rings. The van der Waals surface area contributed by atoms with Crippen LogP contribution < -0.4 is 11.1 Å². The molecule has 0 spiro atoms. The van der Waals surface area contributed by atoms with Crippen LogP contribution in [0.4, 0.5) is 0 Å². The lowest BCUT2D eigenvalue weighted by Crippen LogP contribution is -2.46. The summed E-state index contributed by atoms with van der Waals surface area (Å²) in [6.45, 7) is 2.07. The van der Waals surface area contributed by atoms with E-state index in [0.29, 0.717) is 31.9 Å². The van der Waals surface area contributed by atoms with Crippen LogP contribution in [-0.4, -0.2) is 53.8 Å². The van der Waals surface area contributed by atoms with E-state index in [1.165, 1.54) is 11.8 Å². The summed E-state index contributed by atoms with van der Waals surface area (Å²) < 4.78 is 0. The normalized spacial score (nSPS) is 17.0. The predicted octanol–water partition coefficient (Wildman–Crippen LogP) is 1.22. The van der Waals surface area contributed by atoms with Gasteiger partial charge in [-0.15, -0.1) is 24.2 Å². The Kier molecular flexibility index (Phi) is 8.95. The molecule has 0 aliphatic carbocycles. The van der Waals surface area contributed by atoms with E-state index in [-0.39, 0.29) is 35.9 Å². The lowest BCUT2D eigenvalue weighted by molar-refractivity contribution is -0.133. The number of hydrogen-bond donors (Lipinski definition) is 3. The summed E-state index contributed by atoms with van der Waals surface area (Å²) in [4.78, 5) is 27.0. The van der Waals surface area contributed by atoms with E-state index in [2.05, 4.69) is 5.32 Å². The highest BCUT2D eigenvalue weighted by atomic mass is 35.5. The second kappa shape index (κ2) is 10.4. The van der Waals surface area contributed by atoms with Crippen molar-refractivity contribution < 1.29 is 14.7 Å². The molecule has 4 N–H and O–H groups in total. The van der Waals surface area contributed by atoms with E-state index in [4.69, 9.17) is 5.73 Å². The first kappa shape index (κ1) is 20.6. The van der Waals surface area contributed by atoms with Crippen molar-refractivity contribution in [3.8, 4) is 5.75 Å². The maximum absolute atomic E-state index is 12.3. The van der Waals surface area contributed by atoms with Gasteiger partial charge in [0, 0.05) is 31.1 Å². The van der Waals surface area contributed by atoms with E-state index in [0.717, 1.165) is 17.7 Å². The quantitative estimate of drug-likeness (QED) is 0.651. The molecule has 8 heteroatoms. The second-order valence-corrected chi connectivity index (χ2v) is 6.59. The molecule has 0 radical (unpaired) electrons. The van der Waals surface area contributed by atoms with Crippen molar-refractivity contribution in [2.45, 2.75) is 17.7 Å². The van der Waals surface area contributed by atoms with Gasteiger partial charge >= 0.3 is 0 Å². The Labute approximate surface area is 152 Å². The fourth-order valence-corrected chi connectivity index (χ4v) is 3.34. The summed E-state index contributed by atoms with van der Waals surface area (Å²) in [5, 5.41) is 12.0. The van der Waals surface area contributed by atoms with E-state index < -0.39 is 0 Å². The second-order valence-electron chi connectivity index (χ2n) is 5.54. The van der Waals surface area contributed by atoms with Gasteiger partial charge in [0.05, 0.1) is 11.7 Å². The lowest BCUT2D eigenvalue weighted by atomic mass is 9.97. The number of halogens is 1. The first-order valence-corrected chi connectivity index (χ1v) is 8.76. The van der Waals surface area contributed by atoms with Gasteiger partial charge in [0.25, 0.3) is 0 Å². The van der Waals surface area contributed by atoms with E-state index in [1.54, 1.807) is 29.2 Å². The molecular formula is C16H24ClN3O3S. The van der Waals surface area contributed by atoms with Crippen molar-refractivity contribution in [2.75, 3.05) is 31.9 Å². The number of nitrogens with zero attached hydrogens (tertiary/aromatic N) is 1. The zero-order valence-corrected chi connectivity index (χ0v) is 15.1. The van der Waals surface area contributed by atoms with Crippen LogP contribution in [0, 0.1) is 5.92 Å². The number of phenolic OH excluding ortho intramolecular Hbond substituents is 1. The molecule has 0 bridgehead atoms. The molecule has 0 aromatic heterocycles. The summed E-state index contributed by atoms with van der Waals surface area (Å²) in [6.07, 6.45) is 1.65. The molecular weight excluding hydrogens is 350 g/mol. The number of phenols is 1. The largest absolute Gasteiger partial charge is 0.508 e. The molecule has 1 aromatic carbocycles. The number of carbonyl (C=O) groups is 2. The first-order chi connectivity index (χ1) is 11.1. The molecule has 1 fully saturated rings. The van der Waals surface area contributed by atoms with Crippen molar-refractivity contribution in [3.63, 3.8) is 0 Å². The Morgan fingerprint density at radius 1 is 1.33 bits per heavy atom. The van der Waals surface area contributed by atoms with Crippen molar-refractivity contribution >= 4 is 36.0 Å². The molecule has 1 aliphatic heterocycles. The fourth-order valence-electron chi connectivity index (χ4n) is 2.54. The summed E-state index contributed by atoms with van der Waals surface area (Å²) in [5.74, 6) is 0.432. The third-order valence-electron chi connectivity index (χ3n) is 3.79. The highest BCUT2D eigenvalue weighted by molar-refractivity contribution is 8.00. The Morgan fingerprint density at radius 3 is 2.71 bits per heavy atom. The van der Waals surface area contributed by atoms with Crippen LogP contribution in [0.1, 0.15) is 12.8 Å². The molecule has 1 unspecified atom stereocenters. The predicted molar refractivity (Wildman–Crippen MR) is 97.4 cm³/mol. The number of amides is 2. The number of aromatic hydroxyl groups is 1. The van der Waals surface area contributed by atoms with Crippen molar-refractivity contribution in [1.29, 1.82) is 0 Å². The summed E-state index contributed by atoms with van der Waals surface area (Å²) in [7, 11) is 0. The van der Waals surface area contributed by atoms with Crippen LogP contribution in [0.5, 0.6) is 5.75 Å². The van der Waals surface area contributed by atoms with Crippen LogP contribution >= 0.6 is 24.2 Å². The maximum atomic E-state index is 12.3. The molecule has 24 heavy (non-hydrogen) atoms. The fraction of sp³-hybridized carbons (Fsp3) is 0.500. The lowest BCUT2D eigenvalue weighted by Gasteiger charge is -2.32. The Morgan fingerprint density at radius 2 is 2.04 bits per heavy atom. The Balaban J connectivity index is 0.00000288. The van der Waals surface area contributed by atoms with Gasteiger partial charge in [-0.1, -0.05) is 0 Å².